The minimum Gasteiger partial charge on any atom is -0.456 e. The van der Waals surface area contributed by atoms with Crippen molar-refractivity contribution in [3.8, 4) is 33.9 Å². The van der Waals surface area contributed by atoms with Crippen LogP contribution >= 0.6 is 0 Å². The van der Waals surface area contributed by atoms with E-state index in [1.165, 1.54) is 0 Å². The van der Waals surface area contributed by atoms with Gasteiger partial charge >= 0.3 is 0 Å². The molecule has 0 N–H and O–H groups in total. The second kappa shape index (κ2) is 7.93. The Morgan fingerprint density at radius 3 is 2.14 bits per heavy atom. The average Bonchev–Trinajstić information content (AvgIpc) is 3.50. The van der Waals surface area contributed by atoms with Crippen molar-refractivity contribution in [2.24, 2.45) is 0 Å². The second-order valence-electron chi connectivity index (χ2n) is 8.12. The van der Waals surface area contributed by atoms with Gasteiger partial charge in [-0.1, -0.05) is 84.8 Å². The molecule has 3 aromatic heterocycles. The smallest absolute Gasteiger partial charge is 0.135 e. The monoisotopic (exact) mass is 455 g/mol. The molecular weight excluding hydrogens is 428 g/mol. The Bertz CT molecular complexity index is 2230. The first-order chi connectivity index (χ1) is 20.3. The summed E-state index contributed by atoms with van der Waals surface area (Å²) < 4.78 is 65.4. The average molecular weight is 456 g/mol. The maximum atomic E-state index is 8.86. The summed E-state index contributed by atoms with van der Waals surface area (Å²) in [5.74, 6) is 1.41. The molecule has 0 fully saturated rings. The molecule has 4 aromatic carbocycles. The maximum absolute atomic E-state index is 8.86. The first-order valence-corrected chi connectivity index (χ1v) is 11.1. The summed E-state index contributed by atoms with van der Waals surface area (Å²) in [6.07, 6.45) is -0.459. The summed E-state index contributed by atoms with van der Waals surface area (Å²) in [6.45, 7) is 0. The lowest BCUT2D eigenvalue weighted by atomic mass is 9.96. The van der Waals surface area contributed by atoms with E-state index in [1.807, 2.05) is 78.9 Å². The van der Waals surface area contributed by atoms with Gasteiger partial charge < -0.3 is 4.42 Å². The largest absolute Gasteiger partial charge is 0.456 e. The van der Waals surface area contributed by atoms with Gasteiger partial charge in [0.2, 0.25) is 0 Å². The molecule has 35 heavy (non-hydrogen) atoms. The molecule has 0 aliphatic carbocycles. The number of pyridine rings is 2. The fourth-order valence-corrected chi connectivity index (χ4v) is 4.40. The third kappa shape index (κ3) is 3.29. The normalized spacial score (nSPS) is 14.2. The Labute approximate surface area is 212 Å². The maximum Gasteiger partial charge on any atom is 0.135 e. The molecule has 7 rings (SSSR count). The van der Waals surface area contributed by atoms with Crippen LogP contribution in [0.15, 0.2) is 126 Å². The Hall–Kier alpha value is -4.76. The van der Waals surface area contributed by atoms with Crippen LogP contribution in [0.2, 0.25) is 0 Å². The van der Waals surface area contributed by atoms with Gasteiger partial charge in [-0.3, -0.25) is 4.98 Å². The number of benzene rings is 4. The van der Waals surface area contributed by atoms with Crippen LogP contribution < -0.4 is 0 Å². The number of hydrogen-bond acceptors (Lipinski definition) is 3. The van der Waals surface area contributed by atoms with Crippen LogP contribution in [0.3, 0.4) is 0 Å². The predicted octanol–water partition coefficient (Wildman–Crippen LogP) is 8.53. The van der Waals surface area contributed by atoms with Gasteiger partial charge in [0.05, 0.1) is 26.3 Å². The van der Waals surface area contributed by atoms with E-state index in [2.05, 4.69) is 4.98 Å². The van der Waals surface area contributed by atoms with Crippen LogP contribution in [0.1, 0.15) is 9.60 Å². The molecule has 0 radical (unpaired) electrons. The molecule has 0 atom stereocenters. The third-order valence-electron chi connectivity index (χ3n) is 6.06. The van der Waals surface area contributed by atoms with Crippen molar-refractivity contribution < 1.29 is 14.0 Å². The van der Waals surface area contributed by atoms with Crippen molar-refractivity contribution in [3.63, 3.8) is 0 Å². The standard InChI is InChI=1S/C32H20N2O/c1-2-7-21(8-3-1)29-18-19-30(35-29)27-16-15-26(24-10-4-5-11-25(24)27)28-17-14-23-13-12-22-9-6-20-33-31(22)32(23)34-28/h1-20H/i6D,9D,12D,13D,14D,17D,20D. The van der Waals surface area contributed by atoms with Gasteiger partial charge in [0.15, 0.2) is 0 Å². The van der Waals surface area contributed by atoms with Crippen LogP contribution in [0.5, 0.6) is 0 Å². The highest BCUT2D eigenvalue weighted by atomic mass is 16.3. The van der Waals surface area contributed by atoms with Crippen LogP contribution in [-0.2, 0) is 0 Å². The van der Waals surface area contributed by atoms with Gasteiger partial charge in [0.1, 0.15) is 11.5 Å². The molecule has 7 aromatic rings. The highest BCUT2D eigenvalue weighted by molar-refractivity contribution is 6.06. The van der Waals surface area contributed by atoms with Crippen LogP contribution in [0.25, 0.3) is 66.5 Å². The number of rotatable bonds is 3. The lowest BCUT2D eigenvalue weighted by Gasteiger charge is -2.11. The zero-order valence-corrected chi connectivity index (χ0v) is 18.3. The zero-order valence-electron chi connectivity index (χ0n) is 25.3. The summed E-state index contributed by atoms with van der Waals surface area (Å²) in [7, 11) is 0. The van der Waals surface area contributed by atoms with Crippen molar-refractivity contribution in [2.75, 3.05) is 0 Å². The minimum absolute atomic E-state index is 0.00305. The Morgan fingerprint density at radius 2 is 1.29 bits per heavy atom. The van der Waals surface area contributed by atoms with Crippen molar-refractivity contribution in [1.29, 1.82) is 0 Å². The topological polar surface area (TPSA) is 38.9 Å². The zero-order chi connectivity index (χ0) is 29.3. The van der Waals surface area contributed by atoms with Gasteiger partial charge in [0.25, 0.3) is 0 Å². The molecule has 0 saturated heterocycles. The summed E-state index contributed by atoms with van der Waals surface area (Å²) in [5, 5.41) is 1.50. The molecule has 0 unspecified atom stereocenters. The van der Waals surface area contributed by atoms with Crippen LogP contribution in [0, 0.1) is 0 Å². The minimum atomic E-state index is -0.459. The van der Waals surface area contributed by atoms with Gasteiger partial charge in [0, 0.05) is 33.6 Å². The Balaban J connectivity index is 1.49. The van der Waals surface area contributed by atoms with E-state index in [-0.39, 0.29) is 51.7 Å². The number of fused-ring (bicyclic) bond motifs is 4. The van der Waals surface area contributed by atoms with E-state index >= 15 is 0 Å². The number of hydrogen-bond donors (Lipinski definition) is 0. The highest BCUT2D eigenvalue weighted by Gasteiger charge is 2.14. The van der Waals surface area contributed by atoms with Crippen molar-refractivity contribution >= 4 is 32.6 Å². The number of furan rings is 1. The van der Waals surface area contributed by atoms with Gasteiger partial charge in [-0.25, -0.2) is 4.98 Å². The van der Waals surface area contributed by atoms with Crippen molar-refractivity contribution in [1.82, 2.24) is 9.97 Å². The fourth-order valence-electron chi connectivity index (χ4n) is 4.40. The third-order valence-corrected chi connectivity index (χ3v) is 6.06. The fraction of sp³-hybridized carbons (Fsp3) is 0. The van der Waals surface area contributed by atoms with Crippen molar-refractivity contribution in [2.45, 2.75) is 0 Å². The predicted molar refractivity (Wildman–Crippen MR) is 143 cm³/mol. The quantitative estimate of drug-likeness (QED) is 0.251. The first kappa shape index (κ1) is 13.8. The summed E-state index contributed by atoms with van der Waals surface area (Å²) in [5.41, 5.74) is 2.60. The summed E-state index contributed by atoms with van der Waals surface area (Å²) >= 11 is 0. The van der Waals surface area contributed by atoms with Crippen LogP contribution in [-0.4, -0.2) is 9.97 Å². The van der Waals surface area contributed by atoms with E-state index in [9.17, 15) is 0 Å². The Morgan fingerprint density at radius 1 is 0.600 bits per heavy atom. The Kier molecular flexibility index (Phi) is 3.13. The lowest BCUT2D eigenvalue weighted by Crippen LogP contribution is -1.90. The second-order valence-corrected chi connectivity index (χ2v) is 8.12. The molecule has 0 spiro atoms. The molecule has 3 nitrogen and oxygen atoms in total. The molecule has 3 heterocycles. The van der Waals surface area contributed by atoms with Crippen LogP contribution in [0.4, 0.5) is 0 Å². The molecule has 0 saturated carbocycles. The van der Waals surface area contributed by atoms with Crippen molar-refractivity contribution in [3.05, 3.63) is 121 Å². The van der Waals surface area contributed by atoms with E-state index in [1.54, 1.807) is 0 Å². The molecule has 0 aliphatic heterocycles. The first-order valence-electron chi connectivity index (χ1n) is 14.6. The highest BCUT2D eigenvalue weighted by Crippen LogP contribution is 2.37. The lowest BCUT2D eigenvalue weighted by molar-refractivity contribution is 0.598. The molecule has 164 valence electrons. The molecule has 0 aliphatic rings. The molecule has 0 amide bonds. The van der Waals surface area contributed by atoms with Gasteiger partial charge in [-0.15, -0.1) is 0 Å². The van der Waals surface area contributed by atoms with Gasteiger partial charge in [-0.2, -0.15) is 0 Å². The van der Waals surface area contributed by atoms with E-state index in [0.717, 1.165) is 27.7 Å². The summed E-state index contributed by atoms with van der Waals surface area (Å²) in [4.78, 5) is 8.87. The number of nitrogens with zero attached hydrogens (tertiary/aromatic N) is 2. The van der Waals surface area contributed by atoms with E-state index in [4.69, 9.17) is 19.0 Å². The number of aromatic nitrogens is 2. The molecular formula is C32H20N2O. The molecule has 0 bridgehead atoms. The van der Waals surface area contributed by atoms with E-state index < -0.39 is 18.3 Å². The summed E-state index contributed by atoms with van der Waals surface area (Å²) in [6, 6.07) is 22.9. The molecule has 3 heteroatoms. The SMILES string of the molecule is [2H]c1nc2c(c([2H])c1[2H])c([2H])c([2H])c1c([2H])c([2H])c(-c3ccc(-c4ccc(-c5ccccc5)o4)c4ccccc34)nc12. The van der Waals surface area contributed by atoms with Gasteiger partial charge in [-0.05, 0) is 41.1 Å². The van der Waals surface area contributed by atoms with E-state index in [0.29, 0.717) is 11.3 Å².